The SMILES string of the molecule is CC1CCN(C(=O)NC2COCC2(C)C(=O)O)CC1. The molecule has 0 bridgehead atoms. The van der Waals surface area contributed by atoms with Gasteiger partial charge in [-0.1, -0.05) is 6.92 Å². The molecule has 2 unspecified atom stereocenters. The Morgan fingerprint density at radius 3 is 2.58 bits per heavy atom. The number of carboxylic acid groups (broad SMARTS) is 1. The Bertz CT molecular complexity index is 366. The largest absolute Gasteiger partial charge is 0.481 e. The van der Waals surface area contributed by atoms with Crippen molar-refractivity contribution < 1.29 is 19.4 Å². The molecule has 0 aromatic heterocycles. The maximum absolute atomic E-state index is 12.1. The fraction of sp³-hybridized carbons (Fsp3) is 0.846. The van der Waals surface area contributed by atoms with Crippen LogP contribution in [0.3, 0.4) is 0 Å². The molecule has 6 nitrogen and oxygen atoms in total. The van der Waals surface area contributed by atoms with E-state index in [2.05, 4.69) is 12.2 Å². The molecule has 6 heteroatoms. The number of hydrogen-bond donors (Lipinski definition) is 2. The molecule has 2 fully saturated rings. The summed E-state index contributed by atoms with van der Waals surface area (Å²) in [6.07, 6.45) is 2.01. The minimum atomic E-state index is -1.03. The molecule has 2 aliphatic heterocycles. The van der Waals surface area contributed by atoms with Crippen molar-refractivity contribution in [1.29, 1.82) is 0 Å². The zero-order valence-electron chi connectivity index (χ0n) is 11.5. The summed E-state index contributed by atoms with van der Waals surface area (Å²) >= 11 is 0. The highest BCUT2D eigenvalue weighted by Crippen LogP contribution is 2.29. The van der Waals surface area contributed by atoms with Crippen molar-refractivity contribution in [1.82, 2.24) is 10.2 Å². The number of ether oxygens (including phenoxy) is 1. The third-order valence-corrected chi connectivity index (χ3v) is 4.31. The normalized spacial score (nSPS) is 32.3. The predicted octanol–water partition coefficient (Wildman–Crippen LogP) is 0.918. The van der Waals surface area contributed by atoms with Gasteiger partial charge in [0.2, 0.25) is 0 Å². The van der Waals surface area contributed by atoms with E-state index in [1.165, 1.54) is 0 Å². The van der Waals surface area contributed by atoms with Crippen LogP contribution in [-0.4, -0.2) is 54.4 Å². The predicted molar refractivity (Wildman–Crippen MR) is 68.9 cm³/mol. The second-order valence-electron chi connectivity index (χ2n) is 5.91. The number of carbonyl (C=O) groups excluding carboxylic acids is 1. The third kappa shape index (κ3) is 2.83. The highest BCUT2D eigenvalue weighted by Gasteiger charge is 2.47. The first kappa shape index (κ1) is 14.1. The van der Waals surface area contributed by atoms with Gasteiger partial charge in [0.25, 0.3) is 0 Å². The number of likely N-dealkylation sites (tertiary alicyclic amines) is 1. The standard InChI is InChI=1S/C13H22N2O4/c1-9-3-5-15(6-4-9)12(18)14-10-7-19-8-13(10,2)11(16)17/h9-10H,3-8H2,1-2H3,(H,14,18)(H,16,17). The Morgan fingerprint density at radius 1 is 1.37 bits per heavy atom. The molecular weight excluding hydrogens is 248 g/mol. The third-order valence-electron chi connectivity index (χ3n) is 4.31. The highest BCUT2D eigenvalue weighted by molar-refractivity contribution is 5.79. The lowest BCUT2D eigenvalue weighted by molar-refractivity contribution is -0.148. The quantitative estimate of drug-likeness (QED) is 0.782. The second kappa shape index (κ2) is 5.36. The monoisotopic (exact) mass is 270 g/mol. The van der Waals surface area contributed by atoms with Crippen molar-refractivity contribution in [3.63, 3.8) is 0 Å². The zero-order chi connectivity index (χ0) is 14.0. The van der Waals surface area contributed by atoms with Gasteiger partial charge in [-0.2, -0.15) is 0 Å². The number of nitrogens with zero attached hydrogens (tertiary/aromatic N) is 1. The van der Waals surface area contributed by atoms with Gasteiger partial charge in [0.05, 0.1) is 19.3 Å². The molecule has 2 aliphatic rings. The molecule has 2 rings (SSSR count). The first-order chi connectivity index (χ1) is 8.93. The first-order valence-electron chi connectivity index (χ1n) is 6.80. The van der Waals surface area contributed by atoms with Gasteiger partial charge in [0, 0.05) is 13.1 Å². The number of hydrogen-bond acceptors (Lipinski definition) is 3. The second-order valence-corrected chi connectivity index (χ2v) is 5.91. The van der Waals surface area contributed by atoms with Gasteiger partial charge in [0.1, 0.15) is 5.41 Å². The van der Waals surface area contributed by atoms with E-state index in [1.54, 1.807) is 11.8 Å². The smallest absolute Gasteiger partial charge is 0.317 e. The van der Waals surface area contributed by atoms with Crippen molar-refractivity contribution in [2.24, 2.45) is 11.3 Å². The molecule has 0 aromatic carbocycles. The molecule has 0 radical (unpaired) electrons. The number of carboxylic acids is 1. The van der Waals surface area contributed by atoms with Crippen molar-refractivity contribution in [2.45, 2.75) is 32.7 Å². The lowest BCUT2D eigenvalue weighted by Crippen LogP contribution is -2.54. The minimum absolute atomic E-state index is 0.143. The van der Waals surface area contributed by atoms with Crippen molar-refractivity contribution >= 4 is 12.0 Å². The van der Waals surface area contributed by atoms with Crippen LogP contribution in [0.15, 0.2) is 0 Å². The van der Waals surface area contributed by atoms with E-state index in [-0.39, 0.29) is 19.2 Å². The number of carbonyl (C=O) groups is 2. The number of nitrogens with one attached hydrogen (secondary N) is 1. The van der Waals surface area contributed by atoms with Crippen LogP contribution in [0.2, 0.25) is 0 Å². The Kier molecular flexibility index (Phi) is 3.99. The van der Waals surface area contributed by atoms with Gasteiger partial charge < -0.3 is 20.1 Å². The van der Waals surface area contributed by atoms with E-state index in [9.17, 15) is 14.7 Å². The Balaban J connectivity index is 1.93. The molecular formula is C13H22N2O4. The summed E-state index contributed by atoms with van der Waals surface area (Å²) in [7, 11) is 0. The van der Waals surface area contributed by atoms with Crippen LogP contribution in [0, 0.1) is 11.3 Å². The molecule has 0 saturated carbocycles. The summed E-state index contributed by atoms with van der Waals surface area (Å²) in [6.45, 7) is 5.69. The van der Waals surface area contributed by atoms with E-state index in [1.807, 2.05) is 0 Å². The lowest BCUT2D eigenvalue weighted by atomic mass is 9.85. The Hall–Kier alpha value is -1.30. The zero-order valence-corrected chi connectivity index (χ0v) is 11.5. The summed E-state index contributed by atoms with van der Waals surface area (Å²) in [5.41, 5.74) is -1.03. The average molecular weight is 270 g/mol. The molecule has 2 saturated heterocycles. The highest BCUT2D eigenvalue weighted by atomic mass is 16.5. The molecule has 2 amide bonds. The first-order valence-corrected chi connectivity index (χ1v) is 6.80. The van der Waals surface area contributed by atoms with Crippen LogP contribution < -0.4 is 5.32 Å². The summed E-state index contributed by atoms with van der Waals surface area (Å²) < 4.78 is 5.23. The van der Waals surface area contributed by atoms with Crippen molar-refractivity contribution in [3.05, 3.63) is 0 Å². The molecule has 2 heterocycles. The van der Waals surface area contributed by atoms with Gasteiger partial charge in [0.15, 0.2) is 0 Å². The van der Waals surface area contributed by atoms with Crippen LogP contribution in [0.1, 0.15) is 26.7 Å². The topological polar surface area (TPSA) is 78.9 Å². The van der Waals surface area contributed by atoms with Gasteiger partial charge >= 0.3 is 12.0 Å². The summed E-state index contributed by atoms with van der Waals surface area (Å²) in [6, 6.07) is -0.633. The average Bonchev–Trinajstić information content (AvgIpc) is 2.73. The van der Waals surface area contributed by atoms with Gasteiger partial charge in [-0.15, -0.1) is 0 Å². The van der Waals surface area contributed by atoms with Crippen LogP contribution >= 0.6 is 0 Å². The van der Waals surface area contributed by atoms with Crippen molar-refractivity contribution in [2.75, 3.05) is 26.3 Å². The fourth-order valence-electron chi connectivity index (χ4n) is 2.54. The summed E-state index contributed by atoms with van der Waals surface area (Å²) in [5.74, 6) is -0.272. The minimum Gasteiger partial charge on any atom is -0.481 e. The van der Waals surface area contributed by atoms with Crippen LogP contribution in [0.25, 0.3) is 0 Å². The molecule has 19 heavy (non-hydrogen) atoms. The van der Waals surface area contributed by atoms with E-state index in [0.717, 1.165) is 25.9 Å². The molecule has 0 aliphatic carbocycles. The van der Waals surface area contributed by atoms with E-state index < -0.39 is 17.4 Å². The van der Waals surface area contributed by atoms with Crippen LogP contribution in [0.5, 0.6) is 0 Å². The van der Waals surface area contributed by atoms with E-state index in [0.29, 0.717) is 5.92 Å². The number of rotatable bonds is 2. The van der Waals surface area contributed by atoms with Crippen molar-refractivity contribution in [3.8, 4) is 0 Å². The fourth-order valence-corrected chi connectivity index (χ4v) is 2.54. The molecule has 2 N–H and O–H groups in total. The lowest BCUT2D eigenvalue weighted by Gasteiger charge is -2.33. The summed E-state index contributed by atoms with van der Waals surface area (Å²) in [4.78, 5) is 25.2. The Morgan fingerprint density at radius 2 is 2.00 bits per heavy atom. The van der Waals surface area contributed by atoms with Crippen LogP contribution in [-0.2, 0) is 9.53 Å². The van der Waals surface area contributed by atoms with Gasteiger partial charge in [-0.05, 0) is 25.7 Å². The maximum atomic E-state index is 12.1. The number of urea groups is 1. The molecule has 0 spiro atoms. The number of aliphatic carboxylic acids is 1. The van der Waals surface area contributed by atoms with E-state index in [4.69, 9.17) is 4.74 Å². The molecule has 108 valence electrons. The van der Waals surface area contributed by atoms with Gasteiger partial charge in [-0.25, -0.2) is 4.79 Å². The summed E-state index contributed by atoms with van der Waals surface area (Å²) in [5, 5.41) is 12.1. The van der Waals surface area contributed by atoms with Gasteiger partial charge in [-0.3, -0.25) is 4.79 Å². The maximum Gasteiger partial charge on any atom is 0.317 e. The molecule has 0 aromatic rings. The Labute approximate surface area is 113 Å². The number of piperidine rings is 1. The molecule has 2 atom stereocenters. The van der Waals surface area contributed by atoms with Crippen LogP contribution in [0.4, 0.5) is 4.79 Å². The number of amides is 2. The van der Waals surface area contributed by atoms with E-state index >= 15 is 0 Å².